The van der Waals surface area contributed by atoms with Gasteiger partial charge in [0.2, 0.25) is 5.91 Å². The van der Waals surface area contributed by atoms with Crippen LogP contribution in [0.3, 0.4) is 0 Å². The van der Waals surface area contributed by atoms with E-state index in [0.717, 1.165) is 69.4 Å². The van der Waals surface area contributed by atoms with Crippen molar-refractivity contribution >= 4 is 11.7 Å². The molecule has 7 heteroatoms. The number of anilines is 1. The smallest absolute Gasteiger partial charge is 0.224 e. The van der Waals surface area contributed by atoms with Gasteiger partial charge in [-0.3, -0.25) is 14.4 Å². The van der Waals surface area contributed by atoms with E-state index < -0.39 is 0 Å². The van der Waals surface area contributed by atoms with Crippen LogP contribution in [0.15, 0.2) is 30.5 Å². The minimum absolute atomic E-state index is 0.271. The van der Waals surface area contributed by atoms with Gasteiger partial charge in [0.05, 0.1) is 5.69 Å². The molecule has 2 aromatic heterocycles. The monoisotopic (exact) mass is 410 g/mol. The predicted octanol–water partition coefficient (Wildman–Crippen LogP) is 2.35. The van der Waals surface area contributed by atoms with Crippen LogP contribution in [-0.4, -0.2) is 76.3 Å². The van der Waals surface area contributed by atoms with E-state index in [4.69, 9.17) is 0 Å². The van der Waals surface area contributed by atoms with Crippen molar-refractivity contribution < 1.29 is 4.79 Å². The average molecular weight is 411 g/mol. The zero-order valence-electron chi connectivity index (χ0n) is 18.3. The molecule has 0 radical (unpaired) electrons. The Morgan fingerprint density at radius 2 is 1.97 bits per heavy atom. The first-order valence-electron chi connectivity index (χ1n) is 11.3. The highest BCUT2D eigenvalue weighted by Crippen LogP contribution is 2.20. The quantitative estimate of drug-likeness (QED) is 0.732. The van der Waals surface area contributed by atoms with E-state index in [-0.39, 0.29) is 5.91 Å². The van der Waals surface area contributed by atoms with E-state index in [0.29, 0.717) is 18.9 Å². The second-order valence-corrected chi connectivity index (χ2v) is 8.72. The Kier molecular flexibility index (Phi) is 6.67. The van der Waals surface area contributed by atoms with Crippen LogP contribution >= 0.6 is 0 Å². The Hall–Kier alpha value is -2.41. The maximum absolute atomic E-state index is 12.8. The minimum Gasteiger partial charge on any atom is -0.354 e. The summed E-state index contributed by atoms with van der Waals surface area (Å²) in [5.74, 6) is 1.93. The summed E-state index contributed by atoms with van der Waals surface area (Å²) in [6.07, 6.45) is 4.74. The largest absolute Gasteiger partial charge is 0.354 e. The molecule has 162 valence electrons. The Bertz CT molecular complexity index is 827. The molecule has 1 atom stereocenters. The highest BCUT2D eigenvalue weighted by Gasteiger charge is 2.26. The number of nitrogens with zero attached hydrogens (tertiary/aromatic N) is 6. The van der Waals surface area contributed by atoms with Gasteiger partial charge in [-0.15, -0.1) is 0 Å². The summed E-state index contributed by atoms with van der Waals surface area (Å²) >= 11 is 0. The van der Waals surface area contributed by atoms with Crippen LogP contribution < -0.4 is 4.90 Å². The van der Waals surface area contributed by atoms with E-state index in [9.17, 15) is 4.79 Å². The van der Waals surface area contributed by atoms with Gasteiger partial charge in [0.15, 0.2) is 0 Å². The Morgan fingerprint density at radius 1 is 1.13 bits per heavy atom. The molecule has 4 heterocycles. The second kappa shape index (κ2) is 9.60. The number of carbonyl (C=O) groups is 1. The summed E-state index contributed by atoms with van der Waals surface area (Å²) < 4.78 is 1.95. The van der Waals surface area contributed by atoms with E-state index in [1.807, 2.05) is 23.9 Å². The molecule has 1 amide bonds. The van der Waals surface area contributed by atoms with Gasteiger partial charge in [-0.05, 0) is 50.8 Å². The van der Waals surface area contributed by atoms with Crippen LogP contribution in [0.5, 0.6) is 0 Å². The molecule has 0 spiro atoms. The third kappa shape index (κ3) is 5.19. The number of aryl methyl sites for hydroxylation is 3. The van der Waals surface area contributed by atoms with Crippen LogP contribution in [0.4, 0.5) is 5.82 Å². The zero-order valence-corrected chi connectivity index (χ0v) is 18.3. The maximum atomic E-state index is 12.8. The first-order chi connectivity index (χ1) is 14.6. The number of hydrogen-bond acceptors (Lipinski definition) is 5. The normalized spacial score (nSPS) is 20.5. The zero-order chi connectivity index (χ0) is 20.9. The molecule has 0 aromatic carbocycles. The second-order valence-electron chi connectivity index (χ2n) is 8.72. The number of amides is 1. The Balaban J connectivity index is 1.22. The number of aromatic nitrogens is 3. The molecule has 7 nitrogen and oxygen atoms in total. The SMILES string of the molecule is Cc1cc(C)n(CCC(=O)N2CCCC(CN3CCN(c4ccccn4)CC3)C2)n1. The molecular weight excluding hydrogens is 376 g/mol. The molecule has 2 aliphatic rings. The fourth-order valence-electron chi connectivity index (χ4n) is 4.77. The van der Waals surface area contributed by atoms with Gasteiger partial charge in [-0.1, -0.05) is 6.07 Å². The van der Waals surface area contributed by atoms with Gasteiger partial charge in [0.1, 0.15) is 5.82 Å². The fourth-order valence-corrected chi connectivity index (χ4v) is 4.77. The molecule has 1 unspecified atom stereocenters. The molecule has 2 fully saturated rings. The van der Waals surface area contributed by atoms with Crippen molar-refractivity contribution in [3.63, 3.8) is 0 Å². The van der Waals surface area contributed by atoms with Gasteiger partial charge in [0, 0.05) is 70.7 Å². The van der Waals surface area contributed by atoms with E-state index in [1.165, 1.54) is 6.42 Å². The number of hydrogen-bond donors (Lipinski definition) is 0. The highest BCUT2D eigenvalue weighted by molar-refractivity contribution is 5.76. The Morgan fingerprint density at radius 3 is 2.67 bits per heavy atom. The van der Waals surface area contributed by atoms with Crippen molar-refractivity contribution in [2.75, 3.05) is 50.7 Å². The van der Waals surface area contributed by atoms with E-state index >= 15 is 0 Å². The highest BCUT2D eigenvalue weighted by atomic mass is 16.2. The molecule has 4 rings (SSSR count). The summed E-state index contributed by atoms with van der Waals surface area (Å²) in [4.78, 5) is 24.3. The van der Waals surface area contributed by atoms with Crippen LogP contribution in [0.25, 0.3) is 0 Å². The number of rotatable bonds is 6. The van der Waals surface area contributed by atoms with Crippen molar-refractivity contribution in [1.82, 2.24) is 24.6 Å². The van der Waals surface area contributed by atoms with Crippen molar-refractivity contribution in [3.05, 3.63) is 41.9 Å². The molecule has 0 N–H and O–H groups in total. The summed E-state index contributed by atoms with van der Waals surface area (Å²) in [5, 5.41) is 4.48. The minimum atomic E-state index is 0.271. The molecule has 0 bridgehead atoms. The third-order valence-electron chi connectivity index (χ3n) is 6.37. The van der Waals surface area contributed by atoms with E-state index in [1.54, 1.807) is 0 Å². The van der Waals surface area contributed by atoms with Crippen LogP contribution in [0, 0.1) is 19.8 Å². The van der Waals surface area contributed by atoms with Gasteiger partial charge in [-0.25, -0.2) is 4.98 Å². The summed E-state index contributed by atoms with van der Waals surface area (Å²) in [5.41, 5.74) is 2.14. The standard InChI is InChI=1S/C23H34N6O/c1-19-16-20(2)29(25-19)11-8-23(30)28-10-5-6-21(18-28)17-26-12-14-27(15-13-26)22-7-3-4-9-24-22/h3-4,7,9,16,21H,5-6,8,10-15,17-18H2,1-2H3. The van der Waals surface area contributed by atoms with Gasteiger partial charge >= 0.3 is 0 Å². The van der Waals surface area contributed by atoms with Crippen LogP contribution in [0.1, 0.15) is 30.7 Å². The molecule has 2 aromatic rings. The number of piperazine rings is 1. The average Bonchev–Trinajstić information content (AvgIpc) is 3.10. The molecule has 2 saturated heterocycles. The van der Waals surface area contributed by atoms with E-state index in [2.05, 4.69) is 49.9 Å². The van der Waals surface area contributed by atoms with Crippen molar-refractivity contribution in [2.24, 2.45) is 5.92 Å². The van der Waals surface area contributed by atoms with Crippen molar-refractivity contribution in [1.29, 1.82) is 0 Å². The predicted molar refractivity (Wildman–Crippen MR) is 119 cm³/mol. The lowest BCUT2D eigenvalue weighted by Crippen LogP contribution is -2.50. The number of pyridine rings is 1. The maximum Gasteiger partial charge on any atom is 0.224 e. The molecular formula is C23H34N6O. The first-order valence-corrected chi connectivity index (χ1v) is 11.3. The third-order valence-corrected chi connectivity index (χ3v) is 6.37. The molecule has 2 aliphatic heterocycles. The summed E-state index contributed by atoms with van der Waals surface area (Å²) in [6.45, 7) is 11.8. The van der Waals surface area contributed by atoms with Crippen molar-refractivity contribution in [2.45, 2.75) is 39.7 Å². The van der Waals surface area contributed by atoms with Crippen LogP contribution in [-0.2, 0) is 11.3 Å². The lowest BCUT2D eigenvalue weighted by atomic mass is 9.96. The fraction of sp³-hybridized carbons (Fsp3) is 0.609. The Labute approximate surface area is 179 Å². The topological polar surface area (TPSA) is 57.5 Å². The molecule has 30 heavy (non-hydrogen) atoms. The number of carbonyl (C=O) groups excluding carboxylic acids is 1. The summed E-state index contributed by atoms with van der Waals surface area (Å²) in [7, 11) is 0. The lowest BCUT2D eigenvalue weighted by molar-refractivity contribution is -0.133. The van der Waals surface area contributed by atoms with Gasteiger partial charge in [-0.2, -0.15) is 5.10 Å². The van der Waals surface area contributed by atoms with Gasteiger partial charge < -0.3 is 9.80 Å². The van der Waals surface area contributed by atoms with Crippen molar-refractivity contribution in [3.8, 4) is 0 Å². The van der Waals surface area contributed by atoms with Gasteiger partial charge in [0.25, 0.3) is 0 Å². The molecule has 0 aliphatic carbocycles. The number of likely N-dealkylation sites (tertiary alicyclic amines) is 1. The molecule has 0 saturated carbocycles. The lowest BCUT2D eigenvalue weighted by Gasteiger charge is -2.39. The first kappa shape index (κ1) is 20.8. The summed E-state index contributed by atoms with van der Waals surface area (Å²) in [6, 6.07) is 8.17. The number of piperidine rings is 1. The van der Waals surface area contributed by atoms with Crippen LogP contribution in [0.2, 0.25) is 0 Å².